The minimum atomic E-state index is -0.202. The summed E-state index contributed by atoms with van der Waals surface area (Å²) in [5, 5.41) is 3.54. The van der Waals surface area contributed by atoms with Crippen LogP contribution in [0.5, 0.6) is 0 Å². The number of nitrogens with zero attached hydrogens (tertiary/aromatic N) is 4. The van der Waals surface area contributed by atoms with Gasteiger partial charge in [-0.05, 0) is 52.6 Å². The molecule has 232 valence electrons. The number of fused-ring (bicyclic) bond motifs is 7. The van der Waals surface area contributed by atoms with Crippen LogP contribution in [0.25, 0.3) is 86.3 Å². The summed E-state index contributed by atoms with van der Waals surface area (Å²) >= 11 is 3.55. The van der Waals surface area contributed by atoms with E-state index >= 15 is 0 Å². The molecule has 6 heteroatoms. The van der Waals surface area contributed by atoms with Gasteiger partial charge in [0.15, 0.2) is 17.5 Å². The van der Waals surface area contributed by atoms with Crippen molar-refractivity contribution in [1.29, 1.82) is 0 Å². The van der Waals surface area contributed by atoms with Crippen molar-refractivity contribution >= 4 is 53.1 Å². The molecule has 10 rings (SSSR count). The second-order valence-electron chi connectivity index (χ2n) is 13.1. The molecule has 0 amide bonds. The topological polar surface area (TPSA) is 51.6 Å². The number of rotatable bonds is 4. The number of benzene rings is 6. The first-order valence-electron chi connectivity index (χ1n) is 16.4. The monoisotopic (exact) mass is 664 g/mol. The highest BCUT2D eigenvalue weighted by atomic mass is 32.1. The van der Waals surface area contributed by atoms with Crippen molar-refractivity contribution in [3.8, 4) is 55.9 Å². The van der Waals surface area contributed by atoms with Crippen LogP contribution in [-0.2, 0) is 5.41 Å². The summed E-state index contributed by atoms with van der Waals surface area (Å²) in [6.45, 7) is 4.64. The average Bonchev–Trinajstić information content (AvgIpc) is 3.81. The Morgan fingerprint density at radius 3 is 1.94 bits per heavy atom. The van der Waals surface area contributed by atoms with Gasteiger partial charge in [-0.15, -0.1) is 22.7 Å². The highest BCUT2D eigenvalue weighted by molar-refractivity contribution is 7.26. The van der Waals surface area contributed by atoms with Crippen LogP contribution in [0.2, 0.25) is 0 Å². The molecule has 3 aromatic heterocycles. The van der Waals surface area contributed by atoms with Crippen LogP contribution in [0, 0.1) is 0 Å². The summed E-state index contributed by atoms with van der Waals surface area (Å²) < 4.78 is 3.66. The molecule has 9 aromatic rings. The molecule has 0 saturated carbocycles. The second kappa shape index (κ2) is 10.7. The van der Waals surface area contributed by atoms with Gasteiger partial charge in [0, 0.05) is 47.8 Å². The van der Waals surface area contributed by atoms with Crippen LogP contribution in [0.4, 0.5) is 0 Å². The molecule has 0 radical (unpaired) electrons. The number of thiazole rings is 1. The third-order valence-corrected chi connectivity index (χ3v) is 12.1. The Balaban J connectivity index is 1.13. The standard InChI is InChI=1S/C43H28N4S2/c1-43(2)33-22-27(20-21-28(33)32-23-35-37(24-34(32)43)49-42(44-35)26-14-7-4-8-15-26)40-45-39(25-12-5-3-6-13-25)46-41(47-40)31-18-11-17-30-29-16-9-10-19-36(29)48-38(30)31/h3-24H,1-2H3. The summed E-state index contributed by atoms with van der Waals surface area (Å²) in [5.74, 6) is 2.03. The van der Waals surface area contributed by atoms with Crippen molar-refractivity contribution in [2.24, 2.45) is 0 Å². The van der Waals surface area contributed by atoms with Gasteiger partial charge < -0.3 is 0 Å². The van der Waals surface area contributed by atoms with Crippen molar-refractivity contribution in [3.05, 3.63) is 145 Å². The first-order chi connectivity index (χ1) is 24.0. The molecule has 0 saturated heterocycles. The van der Waals surface area contributed by atoms with Crippen LogP contribution < -0.4 is 0 Å². The molecule has 0 aliphatic heterocycles. The maximum absolute atomic E-state index is 5.19. The third-order valence-electron chi connectivity index (χ3n) is 9.78. The smallest absolute Gasteiger partial charge is 0.165 e. The van der Waals surface area contributed by atoms with Crippen molar-refractivity contribution in [2.75, 3.05) is 0 Å². The van der Waals surface area contributed by atoms with Crippen molar-refractivity contribution in [2.45, 2.75) is 19.3 Å². The Labute approximate surface area is 291 Å². The van der Waals surface area contributed by atoms with E-state index in [0.717, 1.165) is 32.8 Å². The Kier molecular flexibility index (Phi) is 6.23. The van der Waals surface area contributed by atoms with E-state index in [0.29, 0.717) is 17.5 Å². The molecule has 6 aromatic carbocycles. The maximum Gasteiger partial charge on any atom is 0.165 e. The van der Waals surface area contributed by atoms with E-state index in [2.05, 4.69) is 123 Å². The van der Waals surface area contributed by atoms with Gasteiger partial charge in [-0.3, -0.25) is 0 Å². The number of thiophene rings is 1. The lowest BCUT2D eigenvalue weighted by atomic mass is 9.82. The van der Waals surface area contributed by atoms with E-state index in [1.165, 1.54) is 47.1 Å². The second-order valence-corrected chi connectivity index (χ2v) is 15.2. The van der Waals surface area contributed by atoms with Gasteiger partial charge in [0.1, 0.15) is 5.01 Å². The summed E-state index contributed by atoms with van der Waals surface area (Å²) in [7, 11) is 0. The lowest BCUT2D eigenvalue weighted by Gasteiger charge is -2.22. The molecule has 0 fully saturated rings. The fraction of sp³-hybridized carbons (Fsp3) is 0.0698. The van der Waals surface area contributed by atoms with Crippen LogP contribution in [0.3, 0.4) is 0 Å². The lowest BCUT2D eigenvalue weighted by Crippen LogP contribution is -2.15. The van der Waals surface area contributed by atoms with Crippen molar-refractivity contribution < 1.29 is 0 Å². The molecule has 3 heterocycles. The van der Waals surface area contributed by atoms with E-state index in [4.69, 9.17) is 19.9 Å². The molecule has 0 atom stereocenters. The van der Waals surface area contributed by atoms with Crippen LogP contribution >= 0.6 is 22.7 Å². The van der Waals surface area contributed by atoms with E-state index in [9.17, 15) is 0 Å². The van der Waals surface area contributed by atoms with Gasteiger partial charge in [-0.1, -0.05) is 117 Å². The number of hydrogen-bond acceptors (Lipinski definition) is 6. The van der Waals surface area contributed by atoms with Gasteiger partial charge in [-0.2, -0.15) is 0 Å². The third kappa shape index (κ3) is 4.48. The fourth-order valence-corrected chi connectivity index (χ4v) is 9.47. The molecule has 0 N–H and O–H groups in total. The Morgan fingerprint density at radius 2 is 1.12 bits per heavy atom. The van der Waals surface area contributed by atoms with Gasteiger partial charge in [0.05, 0.1) is 10.2 Å². The highest BCUT2D eigenvalue weighted by Gasteiger charge is 2.36. The fourth-order valence-electron chi connectivity index (χ4n) is 7.26. The normalized spacial score (nSPS) is 13.3. The average molecular weight is 665 g/mol. The van der Waals surface area contributed by atoms with Crippen LogP contribution in [0.15, 0.2) is 133 Å². The zero-order valence-corrected chi connectivity index (χ0v) is 28.4. The first kappa shape index (κ1) is 28.5. The number of hydrogen-bond donors (Lipinski definition) is 0. The molecule has 0 unspecified atom stereocenters. The predicted molar refractivity (Wildman–Crippen MR) is 205 cm³/mol. The Hall–Kier alpha value is -5.56. The molecule has 49 heavy (non-hydrogen) atoms. The predicted octanol–water partition coefficient (Wildman–Crippen LogP) is 11.8. The summed E-state index contributed by atoms with van der Waals surface area (Å²) in [6, 6.07) is 47.0. The highest BCUT2D eigenvalue weighted by Crippen LogP contribution is 2.51. The van der Waals surface area contributed by atoms with Crippen LogP contribution in [-0.4, -0.2) is 19.9 Å². The quantitative estimate of drug-likeness (QED) is 0.188. The molecule has 0 bridgehead atoms. The van der Waals surface area contributed by atoms with Gasteiger partial charge in [-0.25, -0.2) is 19.9 Å². The van der Waals surface area contributed by atoms with Gasteiger partial charge in [0.2, 0.25) is 0 Å². The van der Waals surface area contributed by atoms with E-state index in [1.807, 2.05) is 24.3 Å². The lowest BCUT2D eigenvalue weighted by molar-refractivity contribution is 0.661. The molecule has 4 nitrogen and oxygen atoms in total. The molecule has 1 aliphatic rings. The summed E-state index contributed by atoms with van der Waals surface area (Å²) in [6.07, 6.45) is 0. The van der Waals surface area contributed by atoms with Gasteiger partial charge in [0.25, 0.3) is 0 Å². The summed E-state index contributed by atoms with van der Waals surface area (Å²) in [4.78, 5) is 20.4. The minimum Gasteiger partial charge on any atom is -0.236 e. The molecule has 1 aliphatic carbocycles. The van der Waals surface area contributed by atoms with E-state index < -0.39 is 0 Å². The Bertz CT molecular complexity index is 2740. The molecular formula is C43H28N4S2. The number of aromatic nitrogens is 4. The minimum absolute atomic E-state index is 0.202. The zero-order chi connectivity index (χ0) is 32.7. The van der Waals surface area contributed by atoms with Crippen molar-refractivity contribution in [3.63, 3.8) is 0 Å². The maximum atomic E-state index is 5.19. The van der Waals surface area contributed by atoms with Crippen LogP contribution in [0.1, 0.15) is 25.0 Å². The summed E-state index contributed by atoms with van der Waals surface area (Å²) in [5.41, 5.74) is 10.1. The Morgan fingerprint density at radius 1 is 0.449 bits per heavy atom. The SMILES string of the molecule is CC1(C)c2cc(-c3nc(-c4ccccc4)nc(-c4cccc5c4sc4ccccc45)n3)ccc2-c2cc3nc(-c4ccccc4)sc3cc21. The zero-order valence-electron chi connectivity index (χ0n) is 26.8. The van der Waals surface area contributed by atoms with E-state index in [1.54, 1.807) is 22.7 Å². The molecular weight excluding hydrogens is 637 g/mol. The molecule has 0 spiro atoms. The van der Waals surface area contributed by atoms with Crippen molar-refractivity contribution in [1.82, 2.24) is 19.9 Å². The largest absolute Gasteiger partial charge is 0.236 e. The first-order valence-corrected chi connectivity index (χ1v) is 18.0. The van der Waals surface area contributed by atoms with Gasteiger partial charge >= 0.3 is 0 Å². The van der Waals surface area contributed by atoms with E-state index in [-0.39, 0.29) is 5.41 Å².